The van der Waals surface area contributed by atoms with Crippen LogP contribution in [-0.4, -0.2) is 14.5 Å². The van der Waals surface area contributed by atoms with Crippen molar-refractivity contribution in [3.05, 3.63) is 22.7 Å². The van der Waals surface area contributed by atoms with E-state index in [1.807, 2.05) is 6.92 Å². The third-order valence-electron chi connectivity index (χ3n) is 2.19. The molecule has 0 saturated carbocycles. The molecule has 1 aromatic rings. The first-order valence-electron chi connectivity index (χ1n) is 4.31. The predicted octanol–water partition coefficient (Wildman–Crippen LogP) is 2.59. The molecule has 0 saturated heterocycles. The Morgan fingerprint density at radius 2 is 2.13 bits per heavy atom. The van der Waals surface area contributed by atoms with Crippen molar-refractivity contribution in [2.45, 2.75) is 24.3 Å². The highest BCUT2D eigenvalue weighted by atomic mass is 35.7. The van der Waals surface area contributed by atoms with Crippen LogP contribution < -0.4 is 4.74 Å². The number of fused-ring (bicyclic) bond motifs is 1. The summed E-state index contributed by atoms with van der Waals surface area (Å²) in [6, 6.07) is 3.01. The van der Waals surface area contributed by atoms with Gasteiger partial charge in [-0.25, -0.2) is 8.42 Å². The molecule has 1 aliphatic rings. The molecule has 1 unspecified atom stereocenters. The average molecular weight is 267 g/mol. The first-order valence-corrected chi connectivity index (χ1v) is 7.00. The van der Waals surface area contributed by atoms with Gasteiger partial charge in [0.25, 0.3) is 9.05 Å². The smallest absolute Gasteiger partial charge is 0.265 e. The second-order valence-electron chi connectivity index (χ2n) is 3.46. The number of benzene rings is 1. The van der Waals surface area contributed by atoms with Gasteiger partial charge in [-0.05, 0) is 19.1 Å². The van der Waals surface area contributed by atoms with Crippen molar-refractivity contribution in [3.8, 4) is 5.75 Å². The quantitative estimate of drug-likeness (QED) is 0.734. The van der Waals surface area contributed by atoms with Crippen LogP contribution in [0.15, 0.2) is 17.0 Å². The lowest BCUT2D eigenvalue weighted by molar-refractivity contribution is 0.249. The Bertz CT molecular complexity index is 510. The Morgan fingerprint density at radius 1 is 1.47 bits per heavy atom. The van der Waals surface area contributed by atoms with E-state index in [4.69, 9.17) is 27.0 Å². The number of hydrogen-bond donors (Lipinski definition) is 0. The lowest BCUT2D eigenvalue weighted by atomic mass is 10.1. The van der Waals surface area contributed by atoms with Crippen molar-refractivity contribution in [2.75, 3.05) is 0 Å². The van der Waals surface area contributed by atoms with Crippen molar-refractivity contribution >= 4 is 31.3 Å². The summed E-state index contributed by atoms with van der Waals surface area (Å²) in [6.07, 6.45) is 0.602. The standard InChI is InChI=1S/C9H8Cl2O3S/c1-5-2-6-3-7(10)4-8(9(6)14-5)15(11,12)13/h3-5H,2H2,1H3. The fourth-order valence-corrected chi connectivity index (χ4v) is 2.96. The van der Waals surface area contributed by atoms with E-state index in [2.05, 4.69) is 0 Å². The molecule has 0 bridgehead atoms. The fourth-order valence-electron chi connectivity index (χ4n) is 1.64. The van der Waals surface area contributed by atoms with E-state index in [0.29, 0.717) is 17.2 Å². The first kappa shape index (κ1) is 11.0. The maximum absolute atomic E-state index is 11.3. The average Bonchev–Trinajstić information content (AvgIpc) is 2.41. The lowest BCUT2D eigenvalue weighted by Gasteiger charge is -2.06. The van der Waals surface area contributed by atoms with Gasteiger partial charge >= 0.3 is 0 Å². The molecule has 82 valence electrons. The minimum Gasteiger partial charge on any atom is -0.489 e. The maximum atomic E-state index is 11.3. The number of rotatable bonds is 1. The Hall–Kier alpha value is -0.450. The van der Waals surface area contributed by atoms with Crippen LogP contribution >= 0.6 is 22.3 Å². The van der Waals surface area contributed by atoms with Gasteiger partial charge in [-0.1, -0.05) is 11.6 Å². The molecule has 1 heterocycles. The van der Waals surface area contributed by atoms with E-state index < -0.39 is 9.05 Å². The normalized spacial score (nSPS) is 19.8. The Kier molecular flexibility index (Phi) is 2.61. The van der Waals surface area contributed by atoms with Crippen LogP contribution in [0.2, 0.25) is 5.02 Å². The summed E-state index contributed by atoms with van der Waals surface area (Å²) in [7, 11) is 1.48. The summed E-state index contributed by atoms with van der Waals surface area (Å²) in [4.78, 5) is -0.0454. The molecule has 2 rings (SSSR count). The summed E-state index contributed by atoms with van der Waals surface area (Å²) in [5, 5.41) is 0.352. The molecule has 0 spiro atoms. The highest BCUT2D eigenvalue weighted by Gasteiger charge is 2.28. The molecule has 0 radical (unpaired) electrons. The van der Waals surface area contributed by atoms with E-state index in [0.717, 1.165) is 5.56 Å². The molecule has 6 heteroatoms. The lowest BCUT2D eigenvalue weighted by Crippen LogP contribution is -2.06. The summed E-state index contributed by atoms with van der Waals surface area (Å²) < 4.78 is 28.0. The SMILES string of the molecule is CC1Cc2cc(Cl)cc(S(=O)(=O)Cl)c2O1. The molecule has 3 nitrogen and oxygen atoms in total. The molecule has 0 fully saturated rings. The molecule has 1 aliphatic heterocycles. The number of ether oxygens (including phenoxy) is 1. The minimum atomic E-state index is -3.81. The highest BCUT2D eigenvalue weighted by Crippen LogP contribution is 2.38. The summed E-state index contributed by atoms with van der Waals surface area (Å²) >= 11 is 5.80. The zero-order valence-corrected chi connectivity index (χ0v) is 10.2. The van der Waals surface area contributed by atoms with Crippen LogP contribution in [0.1, 0.15) is 12.5 Å². The maximum Gasteiger partial charge on any atom is 0.265 e. The Balaban J connectivity index is 2.68. The molecule has 0 aromatic heterocycles. The van der Waals surface area contributed by atoms with Gasteiger partial charge in [0.1, 0.15) is 16.7 Å². The molecule has 0 aliphatic carbocycles. The predicted molar refractivity (Wildman–Crippen MR) is 58.3 cm³/mol. The third kappa shape index (κ3) is 2.07. The van der Waals surface area contributed by atoms with Gasteiger partial charge in [-0.3, -0.25) is 0 Å². The second kappa shape index (κ2) is 3.54. The second-order valence-corrected chi connectivity index (χ2v) is 6.43. The van der Waals surface area contributed by atoms with E-state index in [-0.39, 0.29) is 11.0 Å². The third-order valence-corrected chi connectivity index (χ3v) is 3.73. The van der Waals surface area contributed by atoms with E-state index in [9.17, 15) is 8.42 Å². The largest absolute Gasteiger partial charge is 0.489 e. The first-order chi connectivity index (χ1) is 6.88. The Labute approximate surface area is 97.4 Å². The molecule has 1 aromatic carbocycles. The summed E-state index contributed by atoms with van der Waals surface area (Å²) in [5.74, 6) is 0.335. The van der Waals surface area contributed by atoms with Gasteiger partial charge in [0.15, 0.2) is 0 Å². The number of hydrogen-bond acceptors (Lipinski definition) is 3. The van der Waals surface area contributed by atoms with Crippen LogP contribution in [0.4, 0.5) is 0 Å². The molecular weight excluding hydrogens is 259 g/mol. The minimum absolute atomic E-state index is 0.0454. The van der Waals surface area contributed by atoms with Gasteiger partial charge in [-0.15, -0.1) is 0 Å². The monoisotopic (exact) mass is 266 g/mol. The molecule has 15 heavy (non-hydrogen) atoms. The summed E-state index contributed by atoms with van der Waals surface area (Å²) in [6.45, 7) is 1.86. The Morgan fingerprint density at radius 3 is 2.73 bits per heavy atom. The van der Waals surface area contributed by atoms with E-state index in [1.54, 1.807) is 6.07 Å². The van der Waals surface area contributed by atoms with Crippen molar-refractivity contribution in [1.29, 1.82) is 0 Å². The molecule has 0 N–H and O–H groups in total. The highest BCUT2D eigenvalue weighted by molar-refractivity contribution is 8.13. The summed E-state index contributed by atoms with van der Waals surface area (Å²) in [5.41, 5.74) is 0.786. The molecular formula is C9H8Cl2O3S. The van der Waals surface area contributed by atoms with Crippen molar-refractivity contribution in [1.82, 2.24) is 0 Å². The van der Waals surface area contributed by atoms with Gasteiger partial charge in [0, 0.05) is 27.7 Å². The van der Waals surface area contributed by atoms with Crippen LogP contribution in [0.5, 0.6) is 5.75 Å². The van der Waals surface area contributed by atoms with E-state index in [1.165, 1.54) is 6.07 Å². The van der Waals surface area contributed by atoms with Gasteiger partial charge in [0.2, 0.25) is 0 Å². The van der Waals surface area contributed by atoms with Crippen LogP contribution in [-0.2, 0) is 15.5 Å². The molecule has 0 amide bonds. The number of halogens is 2. The zero-order valence-electron chi connectivity index (χ0n) is 7.83. The van der Waals surface area contributed by atoms with E-state index >= 15 is 0 Å². The fraction of sp³-hybridized carbons (Fsp3) is 0.333. The van der Waals surface area contributed by atoms with Crippen molar-refractivity contribution in [2.24, 2.45) is 0 Å². The molecule has 1 atom stereocenters. The zero-order chi connectivity index (χ0) is 11.2. The van der Waals surface area contributed by atoms with Crippen LogP contribution in [0, 0.1) is 0 Å². The van der Waals surface area contributed by atoms with Gasteiger partial charge < -0.3 is 4.74 Å². The van der Waals surface area contributed by atoms with Gasteiger partial charge in [0.05, 0.1) is 0 Å². The van der Waals surface area contributed by atoms with Crippen LogP contribution in [0.25, 0.3) is 0 Å². The van der Waals surface area contributed by atoms with Gasteiger partial charge in [-0.2, -0.15) is 0 Å². The van der Waals surface area contributed by atoms with Crippen LogP contribution in [0.3, 0.4) is 0 Å². The van der Waals surface area contributed by atoms with Crippen molar-refractivity contribution in [3.63, 3.8) is 0 Å². The topological polar surface area (TPSA) is 43.4 Å². The van der Waals surface area contributed by atoms with Crippen molar-refractivity contribution < 1.29 is 13.2 Å².